The van der Waals surface area contributed by atoms with E-state index in [1.807, 2.05) is 68.3 Å². The summed E-state index contributed by atoms with van der Waals surface area (Å²) in [4.78, 5) is 16.3. The second kappa shape index (κ2) is 6.93. The van der Waals surface area contributed by atoms with Crippen molar-refractivity contribution in [3.63, 3.8) is 0 Å². The molecule has 3 heteroatoms. The van der Waals surface area contributed by atoms with Gasteiger partial charge in [0.15, 0.2) is 0 Å². The molecule has 0 aliphatic carbocycles. The molecule has 2 aromatic rings. The van der Waals surface area contributed by atoms with Crippen LogP contribution in [0.25, 0.3) is 0 Å². The molecular weight excluding hydrogens is 260 g/mol. The minimum absolute atomic E-state index is 0.0864. The molecule has 2 aromatic carbocycles. The first kappa shape index (κ1) is 15.1. The highest BCUT2D eigenvalue weighted by atomic mass is 16.2. The lowest BCUT2D eigenvalue weighted by Crippen LogP contribution is -2.30. The quantitative estimate of drug-likeness (QED) is 0.829. The largest absolute Gasteiger partial charge is 0.345 e. The Morgan fingerprint density at radius 1 is 0.905 bits per heavy atom. The molecular formula is C18H22N2O. The van der Waals surface area contributed by atoms with Crippen LogP contribution in [0.5, 0.6) is 0 Å². The summed E-state index contributed by atoms with van der Waals surface area (Å²) in [6.07, 6.45) is 0. The highest BCUT2D eigenvalue weighted by Gasteiger charge is 2.13. The Morgan fingerprint density at radius 3 is 2.14 bits per heavy atom. The van der Waals surface area contributed by atoms with Crippen molar-refractivity contribution in [3.05, 3.63) is 60.2 Å². The van der Waals surface area contributed by atoms with Crippen molar-refractivity contribution in [2.75, 3.05) is 25.0 Å². The summed E-state index contributed by atoms with van der Waals surface area (Å²) in [6.45, 7) is 5.46. The van der Waals surface area contributed by atoms with Gasteiger partial charge < -0.3 is 9.80 Å². The fourth-order valence-electron chi connectivity index (χ4n) is 2.34. The van der Waals surface area contributed by atoms with Gasteiger partial charge in [0.2, 0.25) is 0 Å². The third-order valence-electron chi connectivity index (χ3n) is 3.67. The maximum absolute atomic E-state index is 12.4. The fourth-order valence-corrected chi connectivity index (χ4v) is 2.34. The topological polar surface area (TPSA) is 23.6 Å². The van der Waals surface area contributed by atoms with Crippen LogP contribution in [0.4, 0.5) is 11.4 Å². The first-order valence-corrected chi connectivity index (χ1v) is 7.35. The van der Waals surface area contributed by atoms with Crippen molar-refractivity contribution >= 4 is 17.3 Å². The van der Waals surface area contributed by atoms with Gasteiger partial charge in [0.05, 0.1) is 0 Å². The maximum atomic E-state index is 12.4. The van der Waals surface area contributed by atoms with Gasteiger partial charge in [-0.05, 0) is 44.2 Å². The van der Waals surface area contributed by atoms with E-state index in [2.05, 4.69) is 17.0 Å². The smallest absolute Gasteiger partial charge is 0.253 e. The molecule has 0 saturated carbocycles. The van der Waals surface area contributed by atoms with Crippen molar-refractivity contribution in [3.8, 4) is 0 Å². The summed E-state index contributed by atoms with van der Waals surface area (Å²) >= 11 is 0. The summed E-state index contributed by atoms with van der Waals surface area (Å²) in [7, 11) is 2.01. The summed E-state index contributed by atoms with van der Waals surface area (Å²) in [6, 6.07) is 17.9. The SMILES string of the molecule is CCN(CC)C(=O)c1cccc(N(C)c2ccccc2)c1. The Balaban J connectivity index is 2.27. The zero-order chi connectivity index (χ0) is 15.2. The highest BCUT2D eigenvalue weighted by molar-refractivity contribution is 5.95. The predicted molar refractivity (Wildman–Crippen MR) is 88.2 cm³/mol. The van der Waals surface area contributed by atoms with Crippen molar-refractivity contribution < 1.29 is 4.79 Å². The second-order valence-electron chi connectivity index (χ2n) is 4.92. The summed E-state index contributed by atoms with van der Waals surface area (Å²) in [5, 5.41) is 0. The first-order valence-electron chi connectivity index (χ1n) is 7.35. The van der Waals surface area contributed by atoms with Crippen LogP contribution in [0, 0.1) is 0 Å². The third-order valence-corrected chi connectivity index (χ3v) is 3.67. The average Bonchev–Trinajstić information content (AvgIpc) is 2.56. The number of carbonyl (C=O) groups excluding carboxylic acids is 1. The number of rotatable bonds is 5. The second-order valence-corrected chi connectivity index (χ2v) is 4.92. The number of benzene rings is 2. The number of para-hydroxylation sites is 1. The molecule has 110 valence electrons. The van der Waals surface area contributed by atoms with Gasteiger partial charge in [0.25, 0.3) is 5.91 Å². The third kappa shape index (κ3) is 3.43. The number of hydrogen-bond acceptors (Lipinski definition) is 2. The Labute approximate surface area is 126 Å². The van der Waals surface area contributed by atoms with Crippen LogP contribution in [0.2, 0.25) is 0 Å². The van der Waals surface area contributed by atoms with E-state index in [0.717, 1.165) is 30.0 Å². The lowest BCUT2D eigenvalue weighted by Gasteiger charge is -2.22. The summed E-state index contributed by atoms with van der Waals surface area (Å²) in [5.41, 5.74) is 2.85. The lowest BCUT2D eigenvalue weighted by atomic mass is 10.1. The molecule has 0 aromatic heterocycles. The molecule has 0 N–H and O–H groups in total. The Bertz CT molecular complexity index is 591. The zero-order valence-corrected chi connectivity index (χ0v) is 12.9. The van der Waals surface area contributed by atoms with Crippen molar-refractivity contribution in [1.82, 2.24) is 4.90 Å². The van der Waals surface area contributed by atoms with Crippen LogP contribution in [-0.4, -0.2) is 30.9 Å². The van der Waals surface area contributed by atoms with E-state index in [4.69, 9.17) is 0 Å². The lowest BCUT2D eigenvalue weighted by molar-refractivity contribution is 0.0773. The molecule has 0 saturated heterocycles. The van der Waals surface area contributed by atoms with Crippen molar-refractivity contribution in [2.24, 2.45) is 0 Å². The monoisotopic (exact) mass is 282 g/mol. The summed E-state index contributed by atoms with van der Waals surface area (Å²) < 4.78 is 0. The normalized spacial score (nSPS) is 10.2. The van der Waals surface area contributed by atoms with Crippen LogP contribution < -0.4 is 4.90 Å². The zero-order valence-electron chi connectivity index (χ0n) is 12.9. The van der Waals surface area contributed by atoms with E-state index < -0.39 is 0 Å². The molecule has 0 unspecified atom stereocenters. The molecule has 1 amide bonds. The van der Waals surface area contributed by atoms with Crippen LogP contribution in [0.15, 0.2) is 54.6 Å². The van der Waals surface area contributed by atoms with E-state index in [1.165, 1.54) is 0 Å². The maximum Gasteiger partial charge on any atom is 0.253 e. The number of amides is 1. The number of carbonyl (C=O) groups is 1. The molecule has 0 aliphatic rings. The van der Waals surface area contributed by atoms with Gasteiger partial charge >= 0.3 is 0 Å². The van der Waals surface area contributed by atoms with Gasteiger partial charge in [0, 0.05) is 37.1 Å². The molecule has 3 nitrogen and oxygen atoms in total. The standard InChI is InChI=1S/C18H22N2O/c1-4-20(5-2)18(21)15-10-9-13-17(14-15)19(3)16-11-7-6-8-12-16/h6-14H,4-5H2,1-3H3. The van der Waals surface area contributed by atoms with Crippen LogP contribution in [0.3, 0.4) is 0 Å². The first-order chi connectivity index (χ1) is 10.2. The molecule has 0 bridgehead atoms. The molecule has 2 rings (SSSR count). The van der Waals surface area contributed by atoms with E-state index >= 15 is 0 Å². The average molecular weight is 282 g/mol. The van der Waals surface area contributed by atoms with E-state index in [0.29, 0.717) is 0 Å². The Kier molecular flexibility index (Phi) is 4.99. The minimum Gasteiger partial charge on any atom is -0.345 e. The molecule has 0 atom stereocenters. The number of nitrogens with zero attached hydrogens (tertiary/aromatic N) is 2. The van der Waals surface area contributed by atoms with Gasteiger partial charge in [-0.25, -0.2) is 0 Å². The minimum atomic E-state index is 0.0864. The molecule has 21 heavy (non-hydrogen) atoms. The van der Waals surface area contributed by atoms with Crippen molar-refractivity contribution in [2.45, 2.75) is 13.8 Å². The van der Waals surface area contributed by atoms with Gasteiger partial charge in [0.1, 0.15) is 0 Å². The molecule has 0 radical (unpaired) electrons. The van der Waals surface area contributed by atoms with Crippen LogP contribution in [0.1, 0.15) is 24.2 Å². The Morgan fingerprint density at radius 2 is 1.52 bits per heavy atom. The molecule has 0 aliphatic heterocycles. The van der Waals surface area contributed by atoms with E-state index in [9.17, 15) is 4.79 Å². The highest BCUT2D eigenvalue weighted by Crippen LogP contribution is 2.24. The van der Waals surface area contributed by atoms with Gasteiger partial charge in [-0.1, -0.05) is 24.3 Å². The van der Waals surface area contributed by atoms with Crippen LogP contribution >= 0.6 is 0 Å². The fraction of sp³-hybridized carbons (Fsp3) is 0.278. The molecule has 0 spiro atoms. The van der Waals surface area contributed by atoms with E-state index in [-0.39, 0.29) is 5.91 Å². The molecule has 0 fully saturated rings. The van der Waals surface area contributed by atoms with Crippen LogP contribution in [-0.2, 0) is 0 Å². The number of anilines is 2. The van der Waals surface area contributed by atoms with Gasteiger partial charge in [-0.2, -0.15) is 0 Å². The van der Waals surface area contributed by atoms with Gasteiger partial charge in [-0.3, -0.25) is 4.79 Å². The Hall–Kier alpha value is -2.29. The predicted octanol–water partition coefficient (Wildman–Crippen LogP) is 3.94. The van der Waals surface area contributed by atoms with Crippen molar-refractivity contribution in [1.29, 1.82) is 0 Å². The summed E-state index contributed by atoms with van der Waals surface area (Å²) in [5.74, 6) is 0.0864. The van der Waals surface area contributed by atoms with Gasteiger partial charge in [-0.15, -0.1) is 0 Å². The number of hydrogen-bond donors (Lipinski definition) is 0. The van der Waals surface area contributed by atoms with E-state index in [1.54, 1.807) is 0 Å². The molecule has 0 heterocycles.